The van der Waals surface area contributed by atoms with Gasteiger partial charge in [-0.1, -0.05) is 68.5 Å². The van der Waals surface area contributed by atoms with Crippen LogP contribution in [0, 0.1) is 0 Å². The van der Waals surface area contributed by atoms with E-state index in [2.05, 4.69) is 116 Å². The van der Waals surface area contributed by atoms with E-state index in [9.17, 15) is 4.79 Å². The van der Waals surface area contributed by atoms with Crippen LogP contribution in [0.3, 0.4) is 0 Å². The molecule has 0 fully saturated rings. The van der Waals surface area contributed by atoms with E-state index < -0.39 is 0 Å². The molecule has 0 aromatic heterocycles. The number of fused-ring (bicyclic) bond motifs is 2. The molecule has 0 aliphatic carbocycles. The number of nitrogens with zero attached hydrogens (tertiary/aromatic N) is 1. The molecule has 0 amide bonds. The maximum Gasteiger partial charge on any atom is 0.209 e. The first-order valence-corrected chi connectivity index (χ1v) is 12.5. The number of unbranched alkanes of at least 4 members (excludes halogenated alkanes) is 3. The summed E-state index contributed by atoms with van der Waals surface area (Å²) in [6.45, 7) is 10.1. The summed E-state index contributed by atoms with van der Waals surface area (Å²) in [5, 5.41) is 3.58. The summed E-state index contributed by atoms with van der Waals surface area (Å²) in [7, 11) is 0. The van der Waals surface area contributed by atoms with Gasteiger partial charge in [0.15, 0.2) is 5.71 Å². The van der Waals surface area contributed by atoms with Crippen molar-refractivity contribution in [3.63, 3.8) is 0 Å². The third-order valence-electron chi connectivity index (χ3n) is 7.29. The lowest BCUT2D eigenvalue weighted by Crippen LogP contribution is -2.27. The molecule has 2 heterocycles. The molecular formula is C31H37N2O+. The molecule has 4 rings (SSSR count). The molecule has 3 nitrogen and oxygen atoms in total. The monoisotopic (exact) mass is 453 g/mol. The van der Waals surface area contributed by atoms with Crippen LogP contribution in [0.25, 0.3) is 0 Å². The van der Waals surface area contributed by atoms with E-state index in [0.717, 1.165) is 32.1 Å². The van der Waals surface area contributed by atoms with Gasteiger partial charge in [-0.15, -0.1) is 0 Å². The molecule has 1 N–H and O–H groups in total. The van der Waals surface area contributed by atoms with Crippen molar-refractivity contribution in [1.82, 2.24) is 0 Å². The van der Waals surface area contributed by atoms with E-state index in [0.29, 0.717) is 6.42 Å². The van der Waals surface area contributed by atoms with Crippen molar-refractivity contribution in [1.29, 1.82) is 0 Å². The van der Waals surface area contributed by atoms with E-state index in [1.807, 2.05) is 0 Å². The number of carbonyl (C=O) groups excluding carboxylic acids is 1. The molecule has 2 aliphatic heterocycles. The molecule has 2 aromatic rings. The molecule has 0 atom stereocenters. The van der Waals surface area contributed by atoms with Gasteiger partial charge in [0.2, 0.25) is 5.69 Å². The first-order valence-electron chi connectivity index (χ1n) is 12.5. The van der Waals surface area contributed by atoms with Gasteiger partial charge < -0.3 is 10.1 Å². The second kappa shape index (κ2) is 9.97. The van der Waals surface area contributed by atoms with Crippen LogP contribution in [0.4, 0.5) is 11.4 Å². The van der Waals surface area contributed by atoms with Gasteiger partial charge in [-0.25, -0.2) is 0 Å². The quantitative estimate of drug-likeness (QED) is 0.188. The van der Waals surface area contributed by atoms with Gasteiger partial charge in [-0.3, -0.25) is 0 Å². The minimum absolute atomic E-state index is 0.0187. The molecule has 176 valence electrons. The second-order valence-corrected chi connectivity index (χ2v) is 10.3. The molecule has 2 aliphatic rings. The van der Waals surface area contributed by atoms with Crippen LogP contribution in [0.5, 0.6) is 0 Å². The highest BCUT2D eigenvalue weighted by Gasteiger charge is 2.43. The van der Waals surface area contributed by atoms with Crippen molar-refractivity contribution in [2.45, 2.75) is 64.2 Å². The summed E-state index contributed by atoms with van der Waals surface area (Å²) in [6.07, 6.45) is 15.7. The highest BCUT2D eigenvalue weighted by Crippen LogP contribution is 2.43. The fourth-order valence-electron chi connectivity index (χ4n) is 5.25. The molecule has 0 saturated carbocycles. The SMILES string of the molecule is CC1(C)C(/C=C/C=C/C=C2\Nc3ccccc3C2(C)C)=[N+](CCCCCC=O)c2ccccc21. The average Bonchev–Trinajstić information content (AvgIpc) is 3.21. The number of hydrogen-bond acceptors (Lipinski definition) is 2. The van der Waals surface area contributed by atoms with Gasteiger partial charge in [-0.2, -0.15) is 4.58 Å². The summed E-state index contributed by atoms with van der Waals surface area (Å²) in [4.78, 5) is 10.6. The number of aldehydes is 1. The third kappa shape index (κ3) is 4.57. The van der Waals surface area contributed by atoms with Crippen molar-refractivity contribution in [2.75, 3.05) is 11.9 Å². The number of anilines is 1. The first-order chi connectivity index (χ1) is 16.4. The Morgan fingerprint density at radius 1 is 0.824 bits per heavy atom. The number of benzene rings is 2. The van der Waals surface area contributed by atoms with Crippen LogP contribution < -0.4 is 5.32 Å². The predicted octanol–water partition coefficient (Wildman–Crippen LogP) is 7.22. The highest BCUT2D eigenvalue weighted by molar-refractivity contribution is 6.03. The minimum atomic E-state index is -0.0428. The van der Waals surface area contributed by atoms with Gasteiger partial charge >= 0.3 is 0 Å². The van der Waals surface area contributed by atoms with Gasteiger partial charge in [0.1, 0.15) is 12.8 Å². The average molecular weight is 454 g/mol. The van der Waals surface area contributed by atoms with Crippen molar-refractivity contribution >= 4 is 23.4 Å². The van der Waals surface area contributed by atoms with Gasteiger partial charge in [0.25, 0.3) is 0 Å². The zero-order valence-corrected chi connectivity index (χ0v) is 21.0. The molecule has 0 radical (unpaired) electrons. The largest absolute Gasteiger partial charge is 0.358 e. The van der Waals surface area contributed by atoms with Crippen molar-refractivity contribution < 1.29 is 9.37 Å². The van der Waals surface area contributed by atoms with Crippen LogP contribution in [-0.4, -0.2) is 23.1 Å². The molecule has 0 spiro atoms. The number of para-hydroxylation sites is 2. The number of rotatable bonds is 9. The number of nitrogens with one attached hydrogen (secondary N) is 1. The second-order valence-electron chi connectivity index (χ2n) is 10.3. The van der Waals surface area contributed by atoms with Crippen molar-refractivity contribution in [3.8, 4) is 0 Å². The molecular weight excluding hydrogens is 416 g/mol. The van der Waals surface area contributed by atoms with Crippen LogP contribution >= 0.6 is 0 Å². The lowest BCUT2D eigenvalue weighted by Gasteiger charge is -2.19. The van der Waals surface area contributed by atoms with E-state index in [-0.39, 0.29) is 10.8 Å². The minimum Gasteiger partial charge on any atom is -0.358 e. The normalized spacial score (nSPS) is 19.1. The highest BCUT2D eigenvalue weighted by atomic mass is 16.1. The van der Waals surface area contributed by atoms with Crippen LogP contribution in [0.15, 0.2) is 84.6 Å². The zero-order valence-electron chi connectivity index (χ0n) is 21.0. The van der Waals surface area contributed by atoms with E-state index in [4.69, 9.17) is 0 Å². The summed E-state index contributed by atoms with van der Waals surface area (Å²) < 4.78 is 2.47. The molecule has 0 saturated heterocycles. The summed E-state index contributed by atoms with van der Waals surface area (Å²) >= 11 is 0. The third-order valence-corrected chi connectivity index (χ3v) is 7.29. The van der Waals surface area contributed by atoms with E-state index in [1.165, 1.54) is 33.9 Å². The van der Waals surface area contributed by atoms with Crippen LogP contribution in [0.2, 0.25) is 0 Å². The molecule has 3 heteroatoms. The standard InChI is InChI=1S/C31H36N2O/c1-30(2)24-16-10-12-18-26(24)32-28(30)20-8-7-9-21-29-31(3,4)25-17-11-13-19-27(25)33(29)22-14-5-6-15-23-34/h7-13,16-21,23H,5-6,14-15,22H2,1-4H3/p+1. The number of carbonyl (C=O) groups is 1. The molecule has 0 unspecified atom stereocenters. The Labute approximate surface area is 204 Å². The molecule has 34 heavy (non-hydrogen) atoms. The summed E-state index contributed by atoms with van der Waals surface area (Å²) in [6, 6.07) is 17.3. The van der Waals surface area contributed by atoms with Gasteiger partial charge in [-0.05, 0) is 44.4 Å². The lowest BCUT2D eigenvalue weighted by molar-refractivity contribution is -0.438. The van der Waals surface area contributed by atoms with Gasteiger partial charge in [0.05, 0.1) is 5.41 Å². The fourth-order valence-corrected chi connectivity index (χ4v) is 5.25. The maximum atomic E-state index is 10.6. The zero-order chi connectivity index (χ0) is 24.2. The predicted molar refractivity (Wildman–Crippen MR) is 143 cm³/mol. The van der Waals surface area contributed by atoms with E-state index in [1.54, 1.807) is 0 Å². The topological polar surface area (TPSA) is 32.1 Å². The van der Waals surface area contributed by atoms with Crippen molar-refractivity contribution in [2.24, 2.45) is 0 Å². The maximum absolute atomic E-state index is 10.6. The fraction of sp³-hybridized carbons (Fsp3) is 0.355. The Balaban J connectivity index is 1.53. The summed E-state index contributed by atoms with van der Waals surface area (Å²) in [5.41, 5.74) is 7.72. The number of allylic oxidation sites excluding steroid dienone is 6. The Hall–Kier alpha value is -3.20. The number of hydrogen-bond donors (Lipinski definition) is 1. The first kappa shape index (κ1) is 23.9. The Kier molecular flexibility index (Phi) is 7.02. The van der Waals surface area contributed by atoms with Crippen LogP contribution in [-0.2, 0) is 15.6 Å². The smallest absolute Gasteiger partial charge is 0.209 e. The van der Waals surface area contributed by atoms with Crippen molar-refractivity contribution in [3.05, 3.63) is 95.7 Å². The Morgan fingerprint density at radius 3 is 2.32 bits per heavy atom. The molecule has 0 bridgehead atoms. The Bertz CT molecular complexity index is 1180. The van der Waals surface area contributed by atoms with E-state index >= 15 is 0 Å². The van der Waals surface area contributed by atoms with Crippen LogP contribution in [0.1, 0.15) is 64.5 Å². The molecule has 2 aromatic carbocycles. The Morgan fingerprint density at radius 2 is 1.56 bits per heavy atom. The summed E-state index contributed by atoms with van der Waals surface area (Å²) in [5.74, 6) is 0. The van der Waals surface area contributed by atoms with Gasteiger partial charge in [0, 0.05) is 47.3 Å². The lowest BCUT2D eigenvalue weighted by atomic mass is 9.81.